The van der Waals surface area contributed by atoms with E-state index in [1.807, 2.05) is 4.90 Å². The van der Waals surface area contributed by atoms with Gasteiger partial charge in [0.15, 0.2) is 11.5 Å². The molecule has 1 fully saturated rings. The van der Waals surface area contributed by atoms with Crippen molar-refractivity contribution in [2.24, 2.45) is 0 Å². The monoisotopic (exact) mass is 278 g/mol. The molecule has 1 saturated heterocycles. The van der Waals surface area contributed by atoms with Crippen LogP contribution >= 0.6 is 0 Å². The third-order valence-corrected chi connectivity index (χ3v) is 3.93. The van der Waals surface area contributed by atoms with Crippen molar-refractivity contribution in [1.29, 1.82) is 0 Å². The maximum atomic E-state index is 12.6. The second-order valence-corrected chi connectivity index (χ2v) is 5.05. The number of amides is 1. The predicted octanol–water partition coefficient (Wildman–Crippen LogP) is 1.53. The van der Waals surface area contributed by atoms with Crippen LogP contribution in [0, 0.1) is 0 Å². The normalized spacial score (nSPS) is 22.5. The van der Waals surface area contributed by atoms with E-state index in [1.165, 1.54) is 0 Å². The van der Waals surface area contributed by atoms with Gasteiger partial charge in [0.2, 0.25) is 0 Å². The Balaban J connectivity index is 2.24. The maximum Gasteiger partial charge on any atom is 0.254 e. The summed E-state index contributed by atoms with van der Waals surface area (Å²) < 4.78 is 10.4. The molecule has 0 bridgehead atoms. The summed E-state index contributed by atoms with van der Waals surface area (Å²) in [5.41, 5.74) is 0.628. The number of ether oxygens (including phenoxy) is 2. The average molecular weight is 278 g/mol. The Morgan fingerprint density at radius 1 is 1.25 bits per heavy atom. The number of nitrogens with zero attached hydrogens (tertiary/aromatic N) is 1. The van der Waals surface area contributed by atoms with Crippen LogP contribution in [-0.4, -0.2) is 50.2 Å². The SMILES string of the molecule is COc1ccc(C(=O)N2CCNC(C)C2C)cc1OC. The van der Waals surface area contributed by atoms with Crippen molar-refractivity contribution in [1.82, 2.24) is 10.2 Å². The first kappa shape index (κ1) is 14.7. The standard InChI is InChI=1S/C15H22N2O3/c1-10-11(2)17(8-7-16-10)15(18)12-5-6-13(19-3)14(9-12)20-4/h5-6,9-11,16H,7-8H2,1-4H3. The molecule has 1 aromatic rings. The summed E-state index contributed by atoms with van der Waals surface area (Å²) in [7, 11) is 3.15. The van der Waals surface area contributed by atoms with Crippen LogP contribution in [-0.2, 0) is 0 Å². The van der Waals surface area contributed by atoms with Gasteiger partial charge in [-0.25, -0.2) is 0 Å². The summed E-state index contributed by atoms with van der Waals surface area (Å²) in [5, 5.41) is 3.37. The number of hydrogen-bond acceptors (Lipinski definition) is 4. The molecule has 20 heavy (non-hydrogen) atoms. The summed E-state index contributed by atoms with van der Waals surface area (Å²) in [4.78, 5) is 14.5. The molecule has 0 radical (unpaired) electrons. The molecule has 1 aliphatic rings. The number of benzene rings is 1. The fourth-order valence-electron chi connectivity index (χ4n) is 2.48. The first-order valence-corrected chi connectivity index (χ1v) is 6.85. The van der Waals surface area contributed by atoms with Gasteiger partial charge in [-0.3, -0.25) is 4.79 Å². The van der Waals surface area contributed by atoms with Gasteiger partial charge in [0, 0.05) is 30.7 Å². The number of hydrogen-bond donors (Lipinski definition) is 1. The van der Waals surface area contributed by atoms with Crippen molar-refractivity contribution < 1.29 is 14.3 Å². The summed E-state index contributed by atoms with van der Waals surface area (Å²) in [6, 6.07) is 5.75. The van der Waals surface area contributed by atoms with E-state index in [-0.39, 0.29) is 11.9 Å². The summed E-state index contributed by atoms with van der Waals surface area (Å²) in [6.45, 7) is 5.71. The number of nitrogens with one attached hydrogen (secondary N) is 1. The van der Waals surface area contributed by atoms with E-state index in [9.17, 15) is 4.79 Å². The summed E-state index contributed by atoms with van der Waals surface area (Å²) in [5.74, 6) is 1.24. The Kier molecular flexibility index (Phi) is 4.49. The van der Waals surface area contributed by atoms with Gasteiger partial charge in [-0.15, -0.1) is 0 Å². The van der Waals surface area contributed by atoms with Crippen LogP contribution in [0.3, 0.4) is 0 Å². The van der Waals surface area contributed by atoms with Crippen molar-refractivity contribution in [3.05, 3.63) is 23.8 Å². The second kappa shape index (κ2) is 6.13. The molecule has 5 nitrogen and oxygen atoms in total. The van der Waals surface area contributed by atoms with Gasteiger partial charge in [-0.05, 0) is 32.0 Å². The van der Waals surface area contributed by atoms with E-state index < -0.39 is 0 Å². The van der Waals surface area contributed by atoms with Crippen LogP contribution in [0.2, 0.25) is 0 Å². The van der Waals surface area contributed by atoms with E-state index in [0.29, 0.717) is 23.1 Å². The quantitative estimate of drug-likeness (QED) is 0.911. The third kappa shape index (κ3) is 2.72. The second-order valence-electron chi connectivity index (χ2n) is 5.05. The Hall–Kier alpha value is -1.75. The lowest BCUT2D eigenvalue weighted by Gasteiger charge is -2.38. The number of piperazine rings is 1. The van der Waals surface area contributed by atoms with Gasteiger partial charge in [-0.1, -0.05) is 0 Å². The smallest absolute Gasteiger partial charge is 0.254 e. The highest BCUT2D eigenvalue weighted by atomic mass is 16.5. The molecule has 0 aliphatic carbocycles. The van der Waals surface area contributed by atoms with Gasteiger partial charge in [0.1, 0.15) is 0 Å². The number of carbonyl (C=O) groups excluding carboxylic acids is 1. The van der Waals surface area contributed by atoms with E-state index in [1.54, 1.807) is 32.4 Å². The molecule has 110 valence electrons. The molecule has 2 rings (SSSR count). The molecule has 0 spiro atoms. The molecule has 2 atom stereocenters. The van der Waals surface area contributed by atoms with Crippen LogP contribution in [0.15, 0.2) is 18.2 Å². The highest BCUT2D eigenvalue weighted by Gasteiger charge is 2.29. The molecular weight excluding hydrogens is 256 g/mol. The zero-order valence-electron chi connectivity index (χ0n) is 12.5. The predicted molar refractivity (Wildman–Crippen MR) is 77.5 cm³/mol. The fraction of sp³-hybridized carbons (Fsp3) is 0.533. The van der Waals surface area contributed by atoms with Crippen molar-refractivity contribution in [2.75, 3.05) is 27.3 Å². The molecule has 1 N–H and O–H groups in total. The van der Waals surface area contributed by atoms with Crippen LogP contribution in [0.25, 0.3) is 0 Å². The van der Waals surface area contributed by atoms with Gasteiger partial charge in [0.25, 0.3) is 5.91 Å². The first-order chi connectivity index (χ1) is 9.58. The molecular formula is C15H22N2O3. The lowest BCUT2D eigenvalue weighted by Crippen LogP contribution is -2.57. The van der Waals surface area contributed by atoms with Gasteiger partial charge >= 0.3 is 0 Å². The van der Waals surface area contributed by atoms with Crippen LogP contribution < -0.4 is 14.8 Å². The Morgan fingerprint density at radius 2 is 1.95 bits per heavy atom. The number of methoxy groups -OCH3 is 2. The van der Waals surface area contributed by atoms with Crippen molar-refractivity contribution in [2.45, 2.75) is 25.9 Å². The van der Waals surface area contributed by atoms with E-state index in [2.05, 4.69) is 19.2 Å². The molecule has 0 saturated carbocycles. The minimum atomic E-state index is 0.0341. The molecule has 1 aliphatic heterocycles. The van der Waals surface area contributed by atoms with E-state index in [4.69, 9.17) is 9.47 Å². The molecule has 5 heteroatoms. The Labute approximate surface area is 119 Å². The lowest BCUT2D eigenvalue weighted by molar-refractivity contribution is 0.0602. The minimum absolute atomic E-state index is 0.0341. The topological polar surface area (TPSA) is 50.8 Å². The lowest BCUT2D eigenvalue weighted by atomic mass is 10.1. The van der Waals surface area contributed by atoms with Gasteiger partial charge in [0.05, 0.1) is 14.2 Å². The maximum absolute atomic E-state index is 12.6. The summed E-state index contributed by atoms with van der Waals surface area (Å²) >= 11 is 0. The summed E-state index contributed by atoms with van der Waals surface area (Å²) in [6.07, 6.45) is 0. The van der Waals surface area contributed by atoms with E-state index in [0.717, 1.165) is 13.1 Å². The molecule has 1 aromatic carbocycles. The minimum Gasteiger partial charge on any atom is -0.493 e. The zero-order chi connectivity index (χ0) is 14.7. The van der Waals surface area contributed by atoms with Crippen molar-refractivity contribution in [3.8, 4) is 11.5 Å². The Bertz CT molecular complexity index is 490. The average Bonchev–Trinajstić information content (AvgIpc) is 2.48. The van der Waals surface area contributed by atoms with Gasteiger partial charge in [-0.2, -0.15) is 0 Å². The first-order valence-electron chi connectivity index (χ1n) is 6.85. The fourth-order valence-corrected chi connectivity index (χ4v) is 2.48. The molecule has 1 heterocycles. The number of rotatable bonds is 3. The molecule has 2 unspecified atom stereocenters. The highest BCUT2D eigenvalue weighted by molar-refractivity contribution is 5.95. The van der Waals surface area contributed by atoms with Crippen LogP contribution in [0.5, 0.6) is 11.5 Å². The Morgan fingerprint density at radius 3 is 2.60 bits per heavy atom. The third-order valence-electron chi connectivity index (χ3n) is 3.93. The van der Waals surface area contributed by atoms with Crippen molar-refractivity contribution in [3.63, 3.8) is 0 Å². The number of carbonyl (C=O) groups is 1. The van der Waals surface area contributed by atoms with Crippen molar-refractivity contribution >= 4 is 5.91 Å². The largest absolute Gasteiger partial charge is 0.493 e. The molecule has 0 aromatic heterocycles. The van der Waals surface area contributed by atoms with E-state index >= 15 is 0 Å². The van der Waals surface area contributed by atoms with Crippen LogP contribution in [0.1, 0.15) is 24.2 Å². The molecule has 1 amide bonds. The highest BCUT2D eigenvalue weighted by Crippen LogP contribution is 2.28. The van der Waals surface area contributed by atoms with Crippen LogP contribution in [0.4, 0.5) is 0 Å². The zero-order valence-corrected chi connectivity index (χ0v) is 12.5. The van der Waals surface area contributed by atoms with Gasteiger partial charge < -0.3 is 19.7 Å².